The van der Waals surface area contributed by atoms with E-state index in [1.54, 1.807) is 13.2 Å². The lowest BCUT2D eigenvalue weighted by atomic mass is 10.1. The molecule has 9 heteroatoms. The van der Waals surface area contributed by atoms with Crippen molar-refractivity contribution in [2.45, 2.75) is 82.9 Å². The van der Waals surface area contributed by atoms with Crippen LogP contribution in [0.25, 0.3) is 0 Å². The number of benzene rings is 1. The van der Waals surface area contributed by atoms with E-state index in [4.69, 9.17) is 21.1 Å². The molecule has 1 aliphatic heterocycles. The predicted molar refractivity (Wildman–Crippen MR) is 132 cm³/mol. The van der Waals surface area contributed by atoms with E-state index in [9.17, 15) is 0 Å². The number of methoxy groups -OCH3 is 1. The smallest absolute Gasteiger partial charge is 0.323 e. The van der Waals surface area contributed by atoms with E-state index in [-0.39, 0.29) is 6.10 Å². The normalized spacial score (nSPS) is 20.2. The summed E-state index contributed by atoms with van der Waals surface area (Å²) in [6.07, 6.45) is 10.5. The number of nitrogens with zero attached hydrogens (tertiary/aromatic N) is 3. The summed E-state index contributed by atoms with van der Waals surface area (Å²) >= 11 is 6.30. The average Bonchev–Trinajstić information content (AvgIpc) is 3.22. The first-order valence-corrected chi connectivity index (χ1v) is 12.6. The van der Waals surface area contributed by atoms with Crippen LogP contribution in [-0.4, -0.2) is 46.8 Å². The molecule has 1 aromatic heterocycles. The van der Waals surface area contributed by atoms with Crippen LogP contribution in [-0.2, 0) is 0 Å². The van der Waals surface area contributed by atoms with Gasteiger partial charge in [0.2, 0.25) is 11.9 Å². The molecule has 2 aromatic rings. The fraction of sp³-hybridized carbons (Fsp3) is 0.625. The van der Waals surface area contributed by atoms with Gasteiger partial charge >= 0.3 is 6.01 Å². The Balaban J connectivity index is 1.56. The van der Waals surface area contributed by atoms with E-state index < -0.39 is 0 Å². The van der Waals surface area contributed by atoms with Crippen LogP contribution in [0.4, 0.5) is 17.6 Å². The van der Waals surface area contributed by atoms with Gasteiger partial charge in [0.25, 0.3) is 0 Å². The second kappa shape index (κ2) is 11.7. The summed E-state index contributed by atoms with van der Waals surface area (Å²) in [6.45, 7) is 3.16. The van der Waals surface area contributed by atoms with Crippen molar-refractivity contribution in [2.75, 3.05) is 24.3 Å². The minimum absolute atomic E-state index is 0.0175. The third kappa shape index (κ3) is 6.60. The molecular formula is C24H35ClN6O2. The van der Waals surface area contributed by atoms with Gasteiger partial charge in [-0.2, -0.15) is 15.0 Å². The van der Waals surface area contributed by atoms with Crippen LogP contribution in [0.1, 0.15) is 64.7 Å². The van der Waals surface area contributed by atoms with Gasteiger partial charge in [0.05, 0.1) is 12.1 Å². The maximum absolute atomic E-state index is 6.30. The molecule has 2 aliphatic rings. The first-order valence-electron chi connectivity index (χ1n) is 12.2. The molecule has 8 nitrogen and oxygen atoms in total. The summed E-state index contributed by atoms with van der Waals surface area (Å²) in [5, 5.41) is 10.8. The molecule has 180 valence electrons. The Morgan fingerprint density at radius 3 is 2.52 bits per heavy atom. The molecule has 1 saturated heterocycles. The Kier molecular flexibility index (Phi) is 8.45. The van der Waals surface area contributed by atoms with Crippen LogP contribution in [0.15, 0.2) is 18.2 Å². The van der Waals surface area contributed by atoms with Gasteiger partial charge in [-0.05, 0) is 56.8 Å². The summed E-state index contributed by atoms with van der Waals surface area (Å²) in [7, 11) is 1.60. The molecule has 1 aliphatic carbocycles. The van der Waals surface area contributed by atoms with Crippen LogP contribution >= 0.6 is 11.6 Å². The monoisotopic (exact) mass is 474 g/mol. The zero-order valence-corrected chi connectivity index (χ0v) is 20.3. The standard InChI is InChI=1S/C24H35ClN6O2/c1-3-20(19-11-8-14-26-19)33-24-30-22(27-16-9-6-4-5-7-10-16)29-23(31-24)28-17-12-13-21(32-2)18(25)15-17/h12-13,15-16,19-20,26H,3-11,14H2,1-2H3,(H2,27,28,29,30,31). The summed E-state index contributed by atoms with van der Waals surface area (Å²) in [4.78, 5) is 13.9. The molecule has 0 radical (unpaired) electrons. The number of aromatic nitrogens is 3. The molecule has 1 aromatic carbocycles. The van der Waals surface area contributed by atoms with Crippen molar-refractivity contribution in [1.82, 2.24) is 20.3 Å². The predicted octanol–water partition coefficient (Wildman–Crippen LogP) is 5.32. The first kappa shape index (κ1) is 23.8. The molecule has 0 bridgehead atoms. The van der Waals surface area contributed by atoms with Crippen LogP contribution in [0.5, 0.6) is 11.8 Å². The molecular weight excluding hydrogens is 440 g/mol. The lowest BCUT2D eigenvalue weighted by Gasteiger charge is -2.23. The Morgan fingerprint density at radius 1 is 1.06 bits per heavy atom. The van der Waals surface area contributed by atoms with Crippen LogP contribution in [0.3, 0.4) is 0 Å². The molecule has 2 fully saturated rings. The van der Waals surface area contributed by atoms with Gasteiger partial charge in [0.1, 0.15) is 11.9 Å². The topological polar surface area (TPSA) is 93.2 Å². The highest BCUT2D eigenvalue weighted by Crippen LogP contribution is 2.29. The van der Waals surface area contributed by atoms with Crippen LogP contribution < -0.4 is 25.4 Å². The number of halogens is 1. The fourth-order valence-electron chi connectivity index (χ4n) is 4.62. The number of hydrogen-bond donors (Lipinski definition) is 3. The molecule has 33 heavy (non-hydrogen) atoms. The van der Waals surface area contributed by atoms with E-state index in [0.717, 1.165) is 37.9 Å². The number of anilines is 3. The second-order valence-corrected chi connectivity index (χ2v) is 9.25. The molecule has 3 N–H and O–H groups in total. The summed E-state index contributed by atoms with van der Waals surface area (Å²) < 4.78 is 11.5. The zero-order valence-electron chi connectivity index (χ0n) is 19.6. The fourth-order valence-corrected chi connectivity index (χ4v) is 4.88. The second-order valence-electron chi connectivity index (χ2n) is 8.84. The highest BCUT2D eigenvalue weighted by atomic mass is 35.5. The van der Waals surface area contributed by atoms with E-state index in [2.05, 4.69) is 37.8 Å². The van der Waals surface area contributed by atoms with E-state index in [1.165, 1.54) is 32.1 Å². The van der Waals surface area contributed by atoms with Crippen molar-refractivity contribution < 1.29 is 9.47 Å². The molecule has 2 heterocycles. The molecule has 0 amide bonds. The quantitative estimate of drug-likeness (QED) is 0.420. The Labute approximate surface area is 201 Å². The van der Waals surface area contributed by atoms with Gasteiger partial charge in [0.15, 0.2) is 0 Å². The third-order valence-corrected chi connectivity index (χ3v) is 6.71. The largest absolute Gasteiger partial charge is 0.495 e. The van der Waals surface area contributed by atoms with Gasteiger partial charge in [0, 0.05) is 17.8 Å². The SMILES string of the molecule is CCC(Oc1nc(Nc2ccc(OC)c(Cl)c2)nc(NC2CCCCCC2)n1)C1CCCN1. The van der Waals surface area contributed by atoms with E-state index in [0.29, 0.717) is 40.8 Å². The van der Waals surface area contributed by atoms with Crippen molar-refractivity contribution >= 4 is 29.2 Å². The first-order chi connectivity index (χ1) is 16.1. The van der Waals surface area contributed by atoms with Gasteiger partial charge < -0.3 is 25.4 Å². The number of rotatable bonds is 9. The highest BCUT2D eigenvalue weighted by molar-refractivity contribution is 6.32. The summed E-state index contributed by atoms with van der Waals surface area (Å²) in [6, 6.07) is 6.51. The van der Waals surface area contributed by atoms with Gasteiger partial charge in [-0.15, -0.1) is 0 Å². The van der Waals surface area contributed by atoms with Crippen molar-refractivity contribution in [3.8, 4) is 11.8 Å². The van der Waals surface area contributed by atoms with Gasteiger partial charge in [-0.25, -0.2) is 0 Å². The summed E-state index contributed by atoms with van der Waals surface area (Å²) in [5.74, 6) is 1.59. The highest BCUT2D eigenvalue weighted by Gasteiger charge is 2.26. The van der Waals surface area contributed by atoms with Gasteiger partial charge in [-0.1, -0.05) is 44.2 Å². The number of hydrogen-bond acceptors (Lipinski definition) is 8. The zero-order chi connectivity index (χ0) is 23.0. The average molecular weight is 475 g/mol. The lowest BCUT2D eigenvalue weighted by Crippen LogP contribution is -2.38. The summed E-state index contributed by atoms with van der Waals surface area (Å²) in [5.41, 5.74) is 0.767. The lowest BCUT2D eigenvalue weighted by molar-refractivity contribution is 0.143. The van der Waals surface area contributed by atoms with Crippen molar-refractivity contribution in [3.05, 3.63) is 23.2 Å². The Morgan fingerprint density at radius 2 is 1.85 bits per heavy atom. The van der Waals surface area contributed by atoms with Crippen molar-refractivity contribution in [2.24, 2.45) is 0 Å². The molecule has 2 atom stereocenters. The van der Waals surface area contributed by atoms with Crippen molar-refractivity contribution in [3.63, 3.8) is 0 Å². The molecule has 4 rings (SSSR count). The minimum atomic E-state index is 0.0175. The molecule has 1 saturated carbocycles. The van der Waals surface area contributed by atoms with E-state index in [1.807, 2.05) is 12.1 Å². The van der Waals surface area contributed by atoms with Crippen LogP contribution in [0.2, 0.25) is 5.02 Å². The van der Waals surface area contributed by atoms with Crippen molar-refractivity contribution in [1.29, 1.82) is 0 Å². The number of ether oxygens (including phenoxy) is 2. The Bertz CT molecular complexity index is 901. The van der Waals surface area contributed by atoms with E-state index >= 15 is 0 Å². The van der Waals surface area contributed by atoms with Gasteiger partial charge in [-0.3, -0.25) is 0 Å². The minimum Gasteiger partial charge on any atom is -0.495 e. The maximum atomic E-state index is 6.30. The molecule has 0 spiro atoms. The number of nitrogens with one attached hydrogen (secondary N) is 3. The maximum Gasteiger partial charge on any atom is 0.323 e. The third-order valence-electron chi connectivity index (χ3n) is 6.42. The Hall–Kier alpha value is -2.32. The molecule has 2 unspecified atom stereocenters. The van der Waals surface area contributed by atoms with Crippen LogP contribution in [0, 0.1) is 0 Å².